The summed E-state index contributed by atoms with van der Waals surface area (Å²) >= 11 is 0. The summed E-state index contributed by atoms with van der Waals surface area (Å²) in [6.45, 7) is 8.87. The first-order chi connectivity index (χ1) is 11.4. The summed E-state index contributed by atoms with van der Waals surface area (Å²) in [5.41, 5.74) is 0.693. The van der Waals surface area contributed by atoms with Gasteiger partial charge in [-0.2, -0.15) is 0 Å². The molecule has 1 fully saturated rings. The fourth-order valence-corrected chi connectivity index (χ4v) is 2.90. The van der Waals surface area contributed by atoms with Crippen molar-refractivity contribution >= 4 is 17.6 Å². The number of carbonyl (C=O) groups excluding carboxylic acids is 2. The number of anilines is 1. The lowest BCUT2D eigenvalue weighted by Crippen LogP contribution is -2.57. The van der Waals surface area contributed by atoms with E-state index in [2.05, 4.69) is 10.6 Å². The van der Waals surface area contributed by atoms with E-state index in [-0.39, 0.29) is 30.1 Å². The van der Waals surface area contributed by atoms with Crippen molar-refractivity contribution in [3.8, 4) is 0 Å². The first-order valence-electron chi connectivity index (χ1n) is 8.43. The lowest BCUT2D eigenvalue weighted by molar-refractivity contribution is -0.146. The summed E-state index contributed by atoms with van der Waals surface area (Å²) in [6.07, 6.45) is 0.00677. The van der Waals surface area contributed by atoms with E-state index in [0.717, 1.165) is 0 Å². The second-order valence-corrected chi connectivity index (χ2v) is 6.69. The largest absolute Gasteiger partial charge is 0.372 e. The van der Waals surface area contributed by atoms with Crippen molar-refractivity contribution in [3.63, 3.8) is 0 Å². The molecule has 0 aromatic heterocycles. The standard InChI is InChI=1S/C18H27N3O3/c1-12(2)16(17(22)21-10-13(3)24-14(4)11-21)20-18(23)19-15-8-6-5-7-9-15/h5-9,12-14,16H,10-11H2,1-4H3,(H2,19,20,23)/t13-,14+,16-/m1/s1. The van der Waals surface area contributed by atoms with Crippen LogP contribution in [0, 0.1) is 5.92 Å². The number of hydrogen-bond donors (Lipinski definition) is 2. The average molecular weight is 333 g/mol. The molecular weight excluding hydrogens is 306 g/mol. The van der Waals surface area contributed by atoms with E-state index in [1.165, 1.54) is 0 Å². The molecule has 1 saturated heterocycles. The molecule has 0 unspecified atom stereocenters. The van der Waals surface area contributed by atoms with Gasteiger partial charge in [-0.3, -0.25) is 4.79 Å². The molecule has 6 nitrogen and oxygen atoms in total. The Morgan fingerprint density at radius 1 is 1.12 bits per heavy atom. The molecule has 1 aliphatic rings. The van der Waals surface area contributed by atoms with Gasteiger partial charge < -0.3 is 20.3 Å². The van der Waals surface area contributed by atoms with E-state index in [0.29, 0.717) is 18.8 Å². The SMILES string of the molecule is CC(C)[C@@H](NC(=O)Nc1ccccc1)C(=O)N1C[C@@H](C)O[C@@H](C)C1. The monoisotopic (exact) mass is 333 g/mol. The van der Waals surface area contributed by atoms with Crippen LogP contribution >= 0.6 is 0 Å². The number of nitrogens with zero attached hydrogens (tertiary/aromatic N) is 1. The molecule has 3 amide bonds. The Hall–Kier alpha value is -2.08. The number of hydrogen-bond acceptors (Lipinski definition) is 3. The lowest BCUT2D eigenvalue weighted by Gasteiger charge is -2.38. The zero-order valence-electron chi connectivity index (χ0n) is 14.8. The molecule has 1 aromatic carbocycles. The van der Waals surface area contributed by atoms with Crippen molar-refractivity contribution in [3.05, 3.63) is 30.3 Å². The van der Waals surface area contributed by atoms with Crippen LogP contribution in [-0.4, -0.2) is 48.2 Å². The Morgan fingerprint density at radius 2 is 1.71 bits per heavy atom. The zero-order chi connectivity index (χ0) is 17.7. The molecule has 0 saturated carbocycles. The average Bonchev–Trinajstić information content (AvgIpc) is 2.51. The number of urea groups is 1. The fourth-order valence-electron chi connectivity index (χ4n) is 2.90. The van der Waals surface area contributed by atoms with E-state index in [1.54, 1.807) is 17.0 Å². The topological polar surface area (TPSA) is 70.7 Å². The molecule has 0 bridgehead atoms. The minimum atomic E-state index is -0.564. The third kappa shape index (κ3) is 4.96. The summed E-state index contributed by atoms with van der Waals surface area (Å²) in [4.78, 5) is 26.9. The van der Waals surface area contributed by atoms with Gasteiger partial charge in [0.2, 0.25) is 5.91 Å². The number of morpholine rings is 1. The van der Waals surface area contributed by atoms with Crippen molar-refractivity contribution in [2.75, 3.05) is 18.4 Å². The Kier molecular flexibility index (Phi) is 6.20. The molecule has 3 atom stereocenters. The normalized spacial score (nSPS) is 22.1. The Balaban J connectivity index is 2.00. The van der Waals surface area contributed by atoms with Gasteiger partial charge in [0.15, 0.2) is 0 Å². The number of benzene rings is 1. The number of ether oxygens (including phenoxy) is 1. The predicted octanol–water partition coefficient (Wildman–Crippen LogP) is 2.47. The lowest BCUT2D eigenvalue weighted by atomic mass is 10.0. The maximum atomic E-state index is 12.8. The van der Waals surface area contributed by atoms with E-state index in [4.69, 9.17) is 4.74 Å². The molecule has 132 valence electrons. The van der Waals surface area contributed by atoms with Gasteiger partial charge in [-0.05, 0) is 31.9 Å². The van der Waals surface area contributed by atoms with Crippen LogP contribution in [0.2, 0.25) is 0 Å². The van der Waals surface area contributed by atoms with Crippen molar-refractivity contribution in [2.24, 2.45) is 5.92 Å². The molecule has 1 aromatic rings. The molecule has 0 aliphatic carbocycles. The second kappa shape index (κ2) is 8.15. The minimum absolute atomic E-state index is 0.00339. The van der Waals surface area contributed by atoms with Gasteiger partial charge in [0.05, 0.1) is 12.2 Å². The van der Waals surface area contributed by atoms with Crippen LogP contribution in [0.1, 0.15) is 27.7 Å². The van der Waals surface area contributed by atoms with Gasteiger partial charge in [-0.1, -0.05) is 32.0 Å². The molecule has 2 N–H and O–H groups in total. The van der Waals surface area contributed by atoms with E-state index < -0.39 is 6.04 Å². The van der Waals surface area contributed by atoms with Gasteiger partial charge in [0.25, 0.3) is 0 Å². The van der Waals surface area contributed by atoms with Crippen molar-refractivity contribution < 1.29 is 14.3 Å². The number of nitrogens with one attached hydrogen (secondary N) is 2. The van der Waals surface area contributed by atoms with E-state index >= 15 is 0 Å². The van der Waals surface area contributed by atoms with E-state index in [1.807, 2.05) is 45.9 Å². The summed E-state index contributed by atoms with van der Waals surface area (Å²) in [6, 6.07) is 8.24. The van der Waals surface area contributed by atoms with Crippen molar-refractivity contribution in [2.45, 2.75) is 45.9 Å². The van der Waals surface area contributed by atoms with Gasteiger partial charge in [-0.15, -0.1) is 0 Å². The second-order valence-electron chi connectivity index (χ2n) is 6.69. The zero-order valence-corrected chi connectivity index (χ0v) is 14.8. The fraction of sp³-hybridized carbons (Fsp3) is 0.556. The summed E-state index contributed by atoms with van der Waals surface area (Å²) in [7, 11) is 0. The van der Waals surface area contributed by atoms with Crippen molar-refractivity contribution in [1.82, 2.24) is 10.2 Å². The summed E-state index contributed by atoms with van der Waals surface area (Å²) in [5.74, 6) is -0.0670. The van der Waals surface area contributed by atoms with Crippen LogP contribution in [0.3, 0.4) is 0 Å². The van der Waals surface area contributed by atoms with Gasteiger partial charge in [0, 0.05) is 18.8 Å². The van der Waals surface area contributed by atoms with E-state index in [9.17, 15) is 9.59 Å². The minimum Gasteiger partial charge on any atom is -0.372 e. The van der Waals surface area contributed by atoms with Crippen LogP contribution in [0.5, 0.6) is 0 Å². The molecule has 0 spiro atoms. The maximum Gasteiger partial charge on any atom is 0.319 e. The molecule has 2 rings (SSSR count). The first kappa shape index (κ1) is 18.3. The Morgan fingerprint density at radius 3 is 2.25 bits per heavy atom. The quantitative estimate of drug-likeness (QED) is 0.889. The number of carbonyl (C=O) groups is 2. The Labute approximate surface area is 143 Å². The van der Waals surface area contributed by atoms with Gasteiger partial charge >= 0.3 is 6.03 Å². The van der Waals surface area contributed by atoms with Crippen LogP contribution in [0.15, 0.2) is 30.3 Å². The smallest absolute Gasteiger partial charge is 0.319 e. The first-order valence-corrected chi connectivity index (χ1v) is 8.43. The summed E-state index contributed by atoms with van der Waals surface area (Å²) in [5, 5.41) is 5.57. The summed E-state index contributed by atoms with van der Waals surface area (Å²) < 4.78 is 5.67. The predicted molar refractivity (Wildman–Crippen MR) is 93.8 cm³/mol. The van der Waals surface area contributed by atoms with Crippen molar-refractivity contribution in [1.29, 1.82) is 0 Å². The number of rotatable bonds is 4. The third-order valence-electron chi connectivity index (χ3n) is 3.98. The Bertz CT molecular complexity index is 552. The molecule has 1 aliphatic heterocycles. The van der Waals surface area contributed by atoms with Crippen LogP contribution in [-0.2, 0) is 9.53 Å². The van der Waals surface area contributed by atoms with Crippen LogP contribution in [0.25, 0.3) is 0 Å². The highest BCUT2D eigenvalue weighted by Crippen LogP contribution is 2.15. The number of para-hydroxylation sites is 1. The van der Waals surface area contributed by atoms with Crippen LogP contribution < -0.4 is 10.6 Å². The molecule has 0 radical (unpaired) electrons. The van der Waals surface area contributed by atoms with Crippen LogP contribution in [0.4, 0.5) is 10.5 Å². The molecular formula is C18H27N3O3. The molecule has 6 heteroatoms. The number of amides is 3. The highest BCUT2D eigenvalue weighted by atomic mass is 16.5. The van der Waals surface area contributed by atoms with Gasteiger partial charge in [-0.25, -0.2) is 4.79 Å². The third-order valence-corrected chi connectivity index (χ3v) is 3.98. The molecule has 1 heterocycles. The maximum absolute atomic E-state index is 12.8. The highest BCUT2D eigenvalue weighted by Gasteiger charge is 2.33. The molecule has 24 heavy (non-hydrogen) atoms. The van der Waals surface area contributed by atoms with Gasteiger partial charge in [0.1, 0.15) is 6.04 Å². The highest BCUT2D eigenvalue weighted by molar-refractivity contribution is 5.93.